The first-order chi connectivity index (χ1) is 13.4. The Morgan fingerprint density at radius 1 is 1.14 bits per heavy atom. The zero-order valence-corrected chi connectivity index (χ0v) is 18.2. The largest absolute Gasteiger partial charge is 0.305 e. The third-order valence-electron chi connectivity index (χ3n) is 4.09. The molecule has 3 rings (SSSR count). The lowest BCUT2D eigenvalue weighted by atomic mass is 10.1. The minimum atomic E-state index is -0.190. The number of rotatable bonds is 6. The number of benzene rings is 2. The van der Waals surface area contributed by atoms with E-state index in [0.717, 1.165) is 27.1 Å². The second-order valence-corrected chi connectivity index (χ2v) is 8.12. The fourth-order valence-electron chi connectivity index (χ4n) is 2.46. The molecule has 1 aromatic heterocycles. The number of hydrazone groups is 1. The van der Waals surface area contributed by atoms with Crippen LogP contribution in [0.5, 0.6) is 0 Å². The molecule has 144 valence electrons. The number of nitrogens with zero attached hydrogens (tertiary/aromatic N) is 4. The highest BCUT2D eigenvalue weighted by Crippen LogP contribution is 2.23. The van der Waals surface area contributed by atoms with Gasteiger partial charge in [-0.3, -0.25) is 4.79 Å². The van der Waals surface area contributed by atoms with Crippen molar-refractivity contribution in [1.29, 1.82) is 0 Å². The molecule has 0 radical (unpaired) electrons. The summed E-state index contributed by atoms with van der Waals surface area (Å²) in [4.78, 5) is 12.1. The van der Waals surface area contributed by atoms with Crippen LogP contribution in [-0.2, 0) is 11.8 Å². The van der Waals surface area contributed by atoms with Crippen LogP contribution in [0, 0.1) is 6.92 Å². The predicted octanol–water partition coefficient (Wildman–Crippen LogP) is 4.19. The summed E-state index contributed by atoms with van der Waals surface area (Å²) in [6, 6.07) is 15.9. The molecule has 0 aliphatic heterocycles. The Labute approximate surface area is 176 Å². The fourth-order valence-corrected chi connectivity index (χ4v) is 3.43. The third-order valence-corrected chi connectivity index (χ3v) is 5.64. The van der Waals surface area contributed by atoms with E-state index in [2.05, 4.69) is 36.7 Å². The van der Waals surface area contributed by atoms with E-state index in [0.29, 0.717) is 5.16 Å². The molecule has 0 spiro atoms. The Morgan fingerprint density at radius 2 is 1.82 bits per heavy atom. The van der Waals surface area contributed by atoms with Crippen LogP contribution in [0.3, 0.4) is 0 Å². The van der Waals surface area contributed by atoms with Crippen LogP contribution in [0.2, 0.25) is 0 Å². The molecule has 1 heterocycles. The summed E-state index contributed by atoms with van der Waals surface area (Å²) in [7, 11) is 1.89. The van der Waals surface area contributed by atoms with Gasteiger partial charge in [0.05, 0.1) is 11.5 Å². The van der Waals surface area contributed by atoms with Crippen molar-refractivity contribution in [2.45, 2.75) is 19.0 Å². The van der Waals surface area contributed by atoms with Crippen LogP contribution in [0.25, 0.3) is 11.4 Å². The molecule has 3 aromatic rings. The van der Waals surface area contributed by atoms with Crippen molar-refractivity contribution in [2.75, 3.05) is 5.75 Å². The number of nitrogens with one attached hydrogen (secondary N) is 1. The Hall–Kier alpha value is -2.45. The minimum Gasteiger partial charge on any atom is -0.305 e. The molecule has 0 bridgehead atoms. The number of carbonyl (C=O) groups is 1. The Bertz CT molecular complexity index is 996. The van der Waals surface area contributed by atoms with E-state index in [1.54, 1.807) is 0 Å². The van der Waals surface area contributed by atoms with Gasteiger partial charge in [-0.2, -0.15) is 5.10 Å². The highest BCUT2D eigenvalue weighted by Gasteiger charge is 2.13. The van der Waals surface area contributed by atoms with Crippen molar-refractivity contribution in [2.24, 2.45) is 12.1 Å². The van der Waals surface area contributed by atoms with E-state index in [4.69, 9.17) is 0 Å². The molecule has 1 N–H and O–H groups in total. The van der Waals surface area contributed by atoms with E-state index < -0.39 is 0 Å². The average molecular weight is 458 g/mol. The van der Waals surface area contributed by atoms with E-state index in [9.17, 15) is 4.79 Å². The zero-order valence-electron chi connectivity index (χ0n) is 15.8. The molecular formula is C20H20BrN5OS. The monoisotopic (exact) mass is 457 g/mol. The van der Waals surface area contributed by atoms with Crippen molar-refractivity contribution >= 4 is 39.3 Å². The molecule has 0 saturated heterocycles. The number of aromatic nitrogens is 3. The van der Waals surface area contributed by atoms with Gasteiger partial charge in [0.15, 0.2) is 11.0 Å². The summed E-state index contributed by atoms with van der Waals surface area (Å²) in [6.45, 7) is 3.90. The van der Waals surface area contributed by atoms with Crippen LogP contribution in [0.1, 0.15) is 18.1 Å². The maximum absolute atomic E-state index is 12.1. The third kappa shape index (κ3) is 5.08. The van der Waals surface area contributed by atoms with Gasteiger partial charge in [0.25, 0.3) is 5.91 Å². The molecule has 0 unspecified atom stereocenters. The summed E-state index contributed by atoms with van der Waals surface area (Å²) in [5, 5.41) is 13.3. The van der Waals surface area contributed by atoms with Crippen LogP contribution in [-0.4, -0.2) is 32.1 Å². The number of thioether (sulfide) groups is 1. The number of amides is 1. The van der Waals surface area contributed by atoms with Crippen molar-refractivity contribution in [3.8, 4) is 11.4 Å². The van der Waals surface area contributed by atoms with E-state index in [1.807, 2.05) is 74.0 Å². The van der Waals surface area contributed by atoms with Crippen molar-refractivity contribution in [3.05, 3.63) is 64.1 Å². The highest BCUT2D eigenvalue weighted by molar-refractivity contribution is 9.10. The van der Waals surface area contributed by atoms with Gasteiger partial charge in [0, 0.05) is 17.1 Å². The lowest BCUT2D eigenvalue weighted by Gasteiger charge is -2.05. The minimum absolute atomic E-state index is 0.190. The molecule has 0 atom stereocenters. The number of carbonyl (C=O) groups excluding carboxylic acids is 1. The Kier molecular flexibility index (Phi) is 6.64. The first-order valence-corrected chi connectivity index (χ1v) is 10.4. The van der Waals surface area contributed by atoms with E-state index >= 15 is 0 Å². The highest BCUT2D eigenvalue weighted by atomic mass is 79.9. The topological polar surface area (TPSA) is 72.2 Å². The summed E-state index contributed by atoms with van der Waals surface area (Å²) >= 11 is 4.75. The Morgan fingerprint density at radius 3 is 2.50 bits per heavy atom. The molecule has 6 nitrogen and oxygen atoms in total. The lowest BCUT2D eigenvalue weighted by molar-refractivity contribution is -0.118. The number of hydrogen-bond donors (Lipinski definition) is 1. The number of halogens is 1. The van der Waals surface area contributed by atoms with Crippen LogP contribution in [0.4, 0.5) is 0 Å². The van der Waals surface area contributed by atoms with Gasteiger partial charge in [-0.1, -0.05) is 69.7 Å². The summed E-state index contributed by atoms with van der Waals surface area (Å²) in [5.74, 6) is 0.769. The molecule has 2 aromatic carbocycles. The van der Waals surface area contributed by atoms with Gasteiger partial charge in [-0.25, -0.2) is 5.43 Å². The molecule has 8 heteroatoms. The predicted molar refractivity (Wildman–Crippen MR) is 116 cm³/mol. The van der Waals surface area contributed by atoms with Gasteiger partial charge in [-0.05, 0) is 31.5 Å². The van der Waals surface area contributed by atoms with Crippen molar-refractivity contribution < 1.29 is 4.79 Å². The second-order valence-electron chi connectivity index (χ2n) is 6.26. The normalized spacial score (nSPS) is 11.5. The molecule has 0 saturated carbocycles. The number of aryl methyl sites for hydroxylation is 1. The first-order valence-electron chi connectivity index (χ1n) is 8.62. The summed E-state index contributed by atoms with van der Waals surface area (Å²) in [5.41, 5.74) is 6.48. The van der Waals surface area contributed by atoms with Gasteiger partial charge < -0.3 is 4.57 Å². The quantitative estimate of drug-likeness (QED) is 0.342. The second kappa shape index (κ2) is 9.16. The Balaban J connectivity index is 1.58. The van der Waals surface area contributed by atoms with Crippen LogP contribution < -0.4 is 5.43 Å². The van der Waals surface area contributed by atoms with Gasteiger partial charge in [0.2, 0.25) is 0 Å². The van der Waals surface area contributed by atoms with Crippen LogP contribution in [0.15, 0.2) is 63.3 Å². The van der Waals surface area contributed by atoms with Crippen molar-refractivity contribution in [3.63, 3.8) is 0 Å². The molecule has 1 amide bonds. The van der Waals surface area contributed by atoms with E-state index in [1.165, 1.54) is 17.3 Å². The van der Waals surface area contributed by atoms with Gasteiger partial charge >= 0.3 is 0 Å². The lowest BCUT2D eigenvalue weighted by Crippen LogP contribution is -2.21. The zero-order chi connectivity index (χ0) is 20.1. The molecule has 0 aliphatic rings. The maximum atomic E-state index is 12.1. The fraction of sp³-hybridized carbons (Fsp3) is 0.200. The van der Waals surface area contributed by atoms with E-state index in [-0.39, 0.29) is 11.7 Å². The average Bonchev–Trinajstić information content (AvgIpc) is 3.06. The van der Waals surface area contributed by atoms with Crippen LogP contribution >= 0.6 is 27.7 Å². The summed E-state index contributed by atoms with van der Waals surface area (Å²) in [6.07, 6.45) is 0. The molecule has 28 heavy (non-hydrogen) atoms. The SMILES string of the molecule is CC(=NNC(=O)CSc1nnc(-c2ccc(Br)cc2)n1C)c1ccc(C)cc1. The molecule has 0 fully saturated rings. The number of hydrogen-bond acceptors (Lipinski definition) is 5. The standard InChI is InChI=1S/C20H20BrN5OS/c1-13-4-6-15(7-5-13)14(2)22-23-18(27)12-28-20-25-24-19(26(20)3)16-8-10-17(21)11-9-16/h4-11H,12H2,1-3H3,(H,23,27). The molecular weight excluding hydrogens is 438 g/mol. The summed E-state index contributed by atoms with van der Waals surface area (Å²) < 4.78 is 2.88. The molecule has 0 aliphatic carbocycles. The van der Waals surface area contributed by atoms with Gasteiger partial charge in [-0.15, -0.1) is 10.2 Å². The maximum Gasteiger partial charge on any atom is 0.250 e. The van der Waals surface area contributed by atoms with Crippen molar-refractivity contribution in [1.82, 2.24) is 20.2 Å². The first kappa shape index (κ1) is 20.3. The van der Waals surface area contributed by atoms with Gasteiger partial charge in [0.1, 0.15) is 0 Å². The smallest absolute Gasteiger partial charge is 0.250 e.